The zero-order valence-corrected chi connectivity index (χ0v) is 6.90. The Morgan fingerprint density at radius 2 is 2.00 bits per heavy atom. The van der Waals surface area contributed by atoms with Crippen LogP contribution in [-0.4, -0.2) is 30.6 Å². The normalized spacial score (nSPS) is 14.8. The molecule has 1 atom stereocenters. The Kier molecular flexibility index (Phi) is 5.24. The molecule has 0 aliphatic rings. The number of aliphatic hydroxyl groups is 1. The molecule has 0 amide bonds. The molecule has 74 valence electrons. The van der Waals surface area contributed by atoms with Crippen molar-refractivity contribution in [3.8, 4) is 0 Å². The lowest BCUT2D eigenvalue weighted by atomic mass is 10.2. The minimum Gasteiger partial charge on any atom is -0.396 e. The van der Waals surface area contributed by atoms with Crippen LogP contribution < -0.4 is 0 Å². The number of halogens is 3. The fourth-order valence-electron chi connectivity index (χ4n) is 0.719. The maximum absolute atomic E-state index is 12.0. The van der Waals surface area contributed by atoms with Crippen LogP contribution in [0.15, 0.2) is 0 Å². The van der Waals surface area contributed by atoms with Crippen LogP contribution in [0, 0.1) is 0 Å². The van der Waals surface area contributed by atoms with E-state index in [1.165, 1.54) is 0 Å². The van der Waals surface area contributed by atoms with Gasteiger partial charge in [0, 0.05) is 19.6 Å². The van der Waals surface area contributed by atoms with E-state index in [2.05, 4.69) is 4.74 Å². The number of hydrogen-bond acceptors (Lipinski definition) is 2. The van der Waals surface area contributed by atoms with E-state index in [4.69, 9.17) is 5.11 Å². The zero-order chi connectivity index (χ0) is 9.61. The minimum atomic E-state index is -4.36. The molecule has 0 spiro atoms. The van der Waals surface area contributed by atoms with E-state index >= 15 is 0 Å². The van der Waals surface area contributed by atoms with E-state index in [1.807, 2.05) is 0 Å². The maximum Gasteiger partial charge on any atom is 0.414 e. The first-order valence-electron chi connectivity index (χ1n) is 3.81. The first-order chi connectivity index (χ1) is 5.52. The van der Waals surface area contributed by atoms with Gasteiger partial charge in [-0.25, -0.2) is 0 Å². The molecule has 0 aliphatic carbocycles. The zero-order valence-electron chi connectivity index (χ0n) is 6.90. The maximum atomic E-state index is 12.0. The van der Waals surface area contributed by atoms with Gasteiger partial charge in [-0.15, -0.1) is 0 Å². The smallest absolute Gasteiger partial charge is 0.396 e. The van der Waals surface area contributed by atoms with E-state index in [1.54, 1.807) is 6.92 Å². The average molecular weight is 186 g/mol. The van der Waals surface area contributed by atoms with Gasteiger partial charge in [-0.2, -0.15) is 13.2 Å². The average Bonchev–Trinajstić information content (AvgIpc) is 1.95. The third-order valence-electron chi connectivity index (χ3n) is 1.28. The van der Waals surface area contributed by atoms with Gasteiger partial charge in [0.15, 0.2) is 6.10 Å². The summed E-state index contributed by atoms with van der Waals surface area (Å²) in [7, 11) is 0. The second kappa shape index (κ2) is 5.37. The van der Waals surface area contributed by atoms with E-state index in [0.29, 0.717) is 6.42 Å². The van der Waals surface area contributed by atoms with Crippen LogP contribution in [0.1, 0.15) is 19.8 Å². The quantitative estimate of drug-likeness (QED) is 0.708. The first-order valence-corrected chi connectivity index (χ1v) is 3.81. The van der Waals surface area contributed by atoms with E-state index in [9.17, 15) is 13.2 Å². The molecule has 0 aromatic carbocycles. The second-order valence-corrected chi connectivity index (χ2v) is 2.41. The standard InChI is InChI=1S/C7H13F3O2/c1-2-5-12-6(3-4-11)7(8,9)10/h6,11H,2-5H2,1H3. The summed E-state index contributed by atoms with van der Waals surface area (Å²) in [5.74, 6) is 0. The largest absolute Gasteiger partial charge is 0.414 e. The summed E-state index contributed by atoms with van der Waals surface area (Å²) in [6.45, 7) is 1.30. The highest BCUT2D eigenvalue weighted by Crippen LogP contribution is 2.25. The monoisotopic (exact) mass is 186 g/mol. The van der Waals surface area contributed by atoms with E-state index < -0.39 is 18.9 Å². The summed E-state index contributed by atoms with van der Waals surface area (Å²) >= 11 is 0. The van der Waals surface area contributed by atoms with Crippen molar-refractivity contribution in [3.63, 3.8) is 0 Å². The molecule has 1 N–H and O–H groups in total. The molecule has 0 bridgehead atoms. The van der Waals surface area contributed by atoms with E-state index in [-0.39, 0.29) is 13.0 Å². The van der Waals surface area contributed by atoms with Crippen molar-refractivity contribution in [3.05, 3.63) is 0 Å². The Hall–Kier alpha value is -0.290. The van der Waals surface area contributed by atoms with Crippen molar-refractivity contribution in [2.45, 2.75) is 32.0 Å². The number of hydrogen-bond donors (Lipinski definition) is 1. The lowest BCUT2D eigenvalue weighted by Crippen LogP contribution is -2.32. The molecule has 0 aromatic heterocycles. The number of ether oxygens (including phenoxy) is 1. The van der Waals surface area contributed by atoms with Crippen LogP contribution in [0.3, 0.4) is 0 Å². The third kappa shape index (κ3) is 4.56. The van der Waals surface area contributed by atoms with Gasteiger partial charge in [0.1, 0.15) is 0 Å². The van der Waals surface area contributed by atoms with Gasteiger partial charge in [-0.05, 0) is 6.42 Å². The molecule has 0 radical (unpaired) electrons. The Morgan fingerprint density at radius 1 is 1.42 bits per heavy atom. The van der Waals surface area contributed by atoms with Crippen molar-refractivity contribution in [1.29, 1.82) is 0 Å². The van der Waals surface area contributed by atoms with Crippen LogP contribution >= 0.6 is 0 Å². The Morgan fingerprint density at radius 3 is 2.33 bits per heavy atom. The summed E-state index contributed by atoms with van der Waals surface area (Å²) in [4.78, 5) is 0. The fourth-order valence-corrected chi connectivity index (χ4v) is 0.719. The molecule has 0 saturated heterocycles. The van der Waals surface area contributed by atoms with Gasteiger partial charge in [-0.3, -0.25) is 0 Å². The molecule has 1 unspecified atom stereocenters. The molecular weight excluding hydrogens is 173 g/mol. The molecule has 5 heteroatoms. The highest BCUT2D eigenvalue weighted by molar-refractivity contribution is 4.66. The molecule has 0 aromatic rings. The van der Waals surface area contributed by atoms with Gasteiger partial charge in [-0.1, -0.05) is 6.92 Å². The molecule has 12 heavy (non-hydrogen) atoms. The van der Waals surface area contributed by atoms with Crippen LogP contribution in [0.5, 0.6) is 0 Å². The molecular formula is C7H13F3O2. The molecule has 0 saturated carbocycles. The van der Waals surface area contributed by atoms with Crippen molar-refractivity contribution in [2.75, 3.05) is 13.2 Å². The predicted octanol–water partition coefficient (Wildman–Crippen LogP) is 1.73. The molecule has 0 fully saturated rings. The Balaban J connectivity index is 3.86. The number of aliphatic hydroxyl groups excluding tert-OH is 1. The third-order valence-corrected chi connectivity index (χ3v) is 1.28. The summed E-state index contributed by atoms with van der Waals surface area (Å²) in [6.07, 6.45) is -6.03. The Bertz CT molecular complexity index is 114. The molecule has 0 heterocycles. The lowest BCUT2D eigenvalue weighted by Gasteiger charge is -2.19. The molecule has 2 nitrogen and oxygen atoms in total. The number of alkyl halides is 3. The SMILES string of the molecule is CCCOC(CCO)C(F)(F)F. The predicted molar refractivity (Wildman–Crippen MR) is 37.8 cm³/mol. The number of rotatable bonds is 5. The summed E-state index contributed by atoms with van der Waals surface area (Å²) in [5, 5.41) is 8.32. The van der Waals surface area contributed by atoms with Crippen LogP contribution in [0.4, 0.5) is 13.2 Å². The first kappa shape index (κ1) is 11.7. The van der Waals surface area contributed by atoms with Crippen molar-refractivity contribution in [2.24, 2.45) is 0 Å². The molecule has 0 aliphatic heterocycles. The van der Waals surface area contributed by atoms with Gasteiger partial charge < -0.3 is 9.84 Å². The van der Waals surface area contributed by atoms with Crippen molar-refractivity contribution in [1.82, 2.24) is 0 Å². The van der Waals surface area contributed by atoms with Gasteiger partial charge in [0.25, 0.3) is 0 Å². The van der Waals surface area contributed by atoms with Gasteiger partial charge >= 0.3 is 6.18 Å². The topological polar surface area (TPSA) is 29.5 Å². The highest BCUT2D eigenvalue weighted by Gasteiger charge is 2.39. The highest BCUT2D eigenvalue weighted by atomic mass is 19.4. The Labute approximate surface area is 69.3 Å². The summed E-state index contributed by atoms with van der Waals surface area (Å²) < 4.78 is 40.5. The van der Waals surface area contributed by atoms with Crippen molar-refractivity contribution >= 4 is 0 Å². The molecule has 0 rings (SSSR count). The van der Waals surface area contributed by atoms with Crippen LogP contribution in [0.2, 0.25) is 0 Å². The van der Waals surface area contributed by atoms with Crippen LogP contribution in [-0.2, 0) is 4.74 Å². The van der Waals surface area contributed by atoms with Crippen LogP contribution in [0.25, 0.3) is 0 Å². The fraction of sp³-hybridized carbons (Fsp3) is 1.00. The van der Waals surface area contributed by atoms with Crippen molar-refractivity contribution < 1.29 is 23.0 Å². The van der Waals surface area contributed by atoms with Gasteiger partial charge in [0.2, 0.25) is 0 Å². The lowest BCUT2D eigenvalue weighted by molar-refractivity contribution is -0.223. The summed E-state index contributed by atoms with van der Waals surface area (Å²) in [5.41, 5.74) is 0. The van der Waals surface area contributed by atoms with E-state index in [0.717, 1.165) is 0 Å². The minimum absolute atomic E-state index is 0.0736. The second-order valence-electron chi connectivity index (χ2n) is 2.41. The van der Waals surface area contributed by atoms with Gasteiger partial charge in [0.05, 0.1) is 0 Å². The summed E-state index contributed by atoms with van der Waals surface area (Å²) in [6, 6.07) is 0.